The molecule has 0 radical (unpaired) electrons. The SMILES string of the molecule is CC1(C)c2ccccc2-c2ccc(-c3nc(-c4ccccc4)nc(-n4c5ccccc5c5ccc6c7ccccc7sc6c54)n3)cc21. The van der Waals surface area contributed by atoms with Gasteiger partial charge in [0.15, 0.2) is 11.6 Å². The standard InChI is InChI=1S/C42H28N4S/c1-42(2)33-17-9-6-14-27(33)28-21-20-26(24-34(28)42)40-43-39(25-12-4-3-5-13-25)44-41(45-40)46-35-18-10-7-15-29(35)31-22-23-32-30-16-8-11-19-36(30)47-38(32)37(31)46/h3-24H,1-2H3. The number of aromatic nitrogens is 4. The van der Waals surface area contributed by atoms with E-state index in [9.17, 15) is 0 Å². The third-order valence-electron chi connectivity index (χ3n) is 9.88. The molecule has 0 aliphatic heterocycles. The Bertz CT molecular complexity index is 2720. The fourth-order valence-corrected chi connectivity index (χ4v) is 8.83. The molecule has 0 amide bonds. The zero-order valence-corrected chi connectivity index (χ0v) is 26.7. The molecule has 1 aliphatic rings. The van der Waals surface area contributed by atoms with E-state index in [0.717, 1.165) is 22.2 Å². The summed E-state index contributed by atoms with van der Waals surface area (Å²) in [4.78, 5) is 15.6. The lowest BCUT2D eigenvalue weighted by Crippen LogP contribution is -2.15. The van der Waals surface area contributed by atoms with Crippen LogP contribution in [0.1, 0.15) is 25.0 Å². The van der Waals surface area contributed by atoms with Gasteiger partial charge in [0.1, 0.15) is 0 Å². The van der Waals surface area contributed by atoms with E-state index in [-0.39, 0.29) is 5.41 Å². The van der Waals surface area contributed by atoms with Gasteiger partial charge in [-0.2, -0.15) is 9.97 Å². The molecule has 0 unspecified atom stereocenters. The average Bonchev–Trinajstić information content (AvgIpc) is 3.74. The fraction of sp³-hybridized carbons (Fsp3) is 0.0714. The van der Waals surface area contributed by atoms with Crippen molar-refractivity contribution in [2.75, 3.05) is 0 Å². The highest BCUT2D eigenvalue weighted by Gasteiger charge is 2.35. The highest BCUT2D eigenvalue weighted by atomic mass is 32.1. The summed E-state index contributed by atoms with van der Waals surface area (Å²) in [7, 11) is 0. The molecule has 222 valence electrons. The minimum absolute atomic E-state index is 0.125. The van der Waals surface area contributed by atoms with Crippen LogP contribution >= 0.6 is 11.3 Å². The molecule has 9 aromatic rings. The van der Waals surface area contributed by atoms with E-state index in [0.29, 0.717) is 17.6 Å². The molecule has 3 heterocycles. The van der Waals surface area contributed by atoms with Crippen LogP contribution in [0.3, 0.4) is 0 Å². The maximum Gasteiger partial charge on any atom is 0.238 e. The molecule has 0 fully saturated rings. The second-order valence-electron chi connectivity index (χ2n) is 12.9. The van der Waals surface area contributed by atoms with Gasteiger partial charge in [-0.05, 0) is 40.5 Å². The normalized spacial score (nSPS) is 13.5. The quantitative estimate of drug-likeness (QED) is 0.197. The van der Waals surface area contributed by atoms with Gasteiger partial charge in [-0.1, -0.05) is 129 Å². The van der Waals surface area contributed by atoms with Crippen molar-refractivity contribution in [3.05, 3.63) is 145 Å². The topological polar surface area (TPSA) is 43.6 Å². The number of benzene rings is 6. The lowest BCUT2D eigenvalue weighted by atomic mass is 9.82. The molecule has 47 heavy (non-hydrogen) atoms. The summed E-state index contributed by atoms with van der Waals surface area (Å²) >= 11 is 1.83. The Labute approximate surface area is 275 Å². The summed E-state index contributed by atoms with van der Waals surface area (Å²) < 4.78 is 4.77. The van der Waals surface area contributed by atoms with Gasteiger partial charge in [0.2, 0.25) is 5.95 Å². The molecule has 0 bridgehead atoms. The summed E-state index contributed by atoms with van der Waals surface area (Å²) in [6.07, 6.45) is 0. The van der Waals surface area contributed by atoms with Gasteiger partial charge in [0.25, 0.3) is 0 Å². The van der Waals surface area contributed by atoms with Crippen LogP contribution < -0.4 is 0 Å². The molecule has 0 spiro atoms. The zero-order valence-electron chi connectivity index (χ0n) is 25.9. The largest absolute Gasteiger partial charge is 0.276 e. The van der Waals surface area contributed by atoms with E-state index in [1.54, 1.807) is 0 Å². The average molecular weight is 621 g/mol. The highest BCUT2D eigenvalue weighted by Crippen LogP contribution is 2.49. The Balaban J connectivity index is 1.28. The van der Waals surface area contributed by atoms with Gasteiger partial charge >= 0.3 is 0 Å². The van der Waals surface area contributed by atoms with E-state index in [1.807, 2.05) is 29.5 Å². The molecule has 10 rings (SSSR count). The lowest BCUT2D eigenvalue weighted by molar-refractivity contribution is 0.660. The van der Waals surface area contributed by atoms with Crippen molar-refractivity contribution in [2.45, 2.75) is 19.3 Å². The first-order valence-electron chi connectivity index (χ1n) is 16.0. The number of fused-ring (bicyclic) bond motifs is 10. The zero-order chi connectivity index (χ0) is 31.3. The number of rotatable bonds is 3. The van der Waals surface area contributed by atoms with Gasteiger partial charge in [0.05, 0.1) is 15.7 Å². The molecular weight excluding hydrogens is 593 g/mol. The third kappa shape index (κ3) is 3.78. The number of nitrogens with zero attached hydrogens (tertiary/aromatic N) is 4. The van der Waals surface area contributed by atoms with Crippen molar-refractivity contribution in [1.82, 2.24) is 19.5 Å². The summed E-state index contributed by atoms with van der Waals surface area (Å²) in [6.45, 7) is 4.62. The Hall–Kier alpha value is -5.65. The van der Waals surface area contributed by atoms with Crippen LogP contribution in [-0.4, -0.2) is 19.5 Å². The van der Waals surface area contributed by atoms with Crippen LogP contribution in [0.2, 0.25) is 0 Å². The molecule has 0 N–H and O–H groups in total. The molecular formula is C42H28N4S. The lowest BCUT2D eigenvalue weighted by Gasteiger charge is -2.21. The third-order valence-corrected chi connectivity index (χ3v) is 11.1. The van der Waals surface area contributed by atoms with Crippen LogP contribution in [-0.2, 0) is 5.41 Å². The molecule has 4 nitrogen and oxygen atoms in total. The molecule has 3 aromatic heterocycles. The van der Waals surface area contributed by atoms with Gasteiger partial charge in [-0.3, -0.25) is 4.57 Å². The van der Waals surface area contributed by atoms with Crippen molar-refractivity contribution in [3.8, 4) is 39.9 Å². The van der Waals surface area contributed by atoms with Crippen molar-refractivity contribution in [1.29, 1.82) is 0 Å². The molecule has 5 heteroatoms. The smallest absolute Gasteiger partial charge is 0.238 e. The highest BCUT2D eigenvalue weighted by molar-refractivity contribution is 7.26. The second kappa shape index (κ2) is 9.68. The maximum absolute atomic E-state index is 5.30. The fourth-order valence-electron chi connectivity index (χ4n) is 7.59. The van der Waals surface area contributed by atoms with Crippen LogP contribution in [0.4, 0.5) is 0 Å². The van der Waals surface area contributed by atoms with Crippen LogP contribution in [0, 0.1) is 0 Å². The van der Waals surface area contributed by atoms with Gasteiger partial charge in [0, 0.05) is 42.8 Å². The number of hydrogen-bond donors (Lipinski definition) is 0. The van der Waals surface area contributed by atoms with Crippen molar-refractivity contribution >= 4 is 53.3 Å². The Morgan fingerprint density at radius 1 is 0.532 bits per heavy atom. The van der Waals surface area contributed by atoms with E-state index < -0.39 is 0 Å². The van der Waals surface area contributed by atoms with E-state index in [2.05, 4.69) is 134 Å². The number of hydrogen-bond acceptors (Lipinski definition) is 4. The predicted octanol–water partition coefficient (Wildman–Crippen LogP) is 11.0. The van der Waals surface area contributed by atoms with Crippen molar-refractivity contribution in [3.63, 3.8) is 0 Å². The summed E-state index contributed by atoms with van der Waals surface area (Å²) in [5.74, 6) is 1.94. The second-order valence-corrected chi connectivity index (χ2v) is 13.9. The first-order valence-corrected chi connectivity index (χ1v) is 16.8. The first-order chi connectivity index (χ1) is 23.1. The van der Waals surface area contributed by atoms with E-state index >= 15 is 0 Å². The van der Waals surface area contributed by atoms with Crippen molar-refractivity contribution < 1.29 is 0 Å². The predicted molar refractivity (Wildman–Crippen MR) is 195 cm³/mol. The Morgan fingerprint density at radius 3 is 2.09 bits per heavy atom. The Kier molecular flexibility index (Phi) is 5.47. The minimum Gasteiger partial charge on any atom is -0.276 e. The maximum atomic E-state index is 5.30. The van der Waals surface area contributed by atoms with Gasteiger partial charge < -0.3 is 0 Å². The Morgan fingerprint density at radius 2 is 1.21 bits per heavy atom. The monoisotopic (exact) mass is 620 g/mol. The first kappa shape index (κ1) is 26.6. The van der Waals surface area contributed by atoms with Crippen LogP contribution in [0.5, 0.6) is 0 Å². The molecule has 6 aromatic carbocycles. The van der Waals surface area contributed by atoms with Crippen LogP contribution in [0.15, 0.2) is 133 Å². The minimum atomic E-state index is -0.125. The van der Waals surface area contributed by atoms with Crippen molar-refractivity contribution in [2.24, 2.45) is 0 Å². The molecule has 0 saturated heterocycles. The number of para-hydroxylation sites is 1. The molecule has 0 atom stereocenters. The van der Waals surface area contributed by atoms with Gasteiger partial charge in [-0.25, -0.2) is 4.98 Å². The number of thiophene rings is 1. The summed E-state index contributed by atoms with van der Waals surface area (Å²) in [6, 6.07) is 47.5. The summed E-state index contributed by atoms with van der Waals surface area (Å²) in [5.41, 5.74) is 9.26. The van der Waals surface area contributed by atoms with E-state index in [1.165, 1.54) is 53.2 Å². The van der Waals surface area contributed by atoms with Gasteiger partial charge in [-0.15, -0.1) is 11.3 Å². The van der Waals surface area contributed by atoms with E-state index in [4.69, 9.17) is 15.0 Å². The molecule has 0 saturated carbocycles. The van der Waals surface area contributed by atoms with Crippen LogP contribution in [0.25, 0.3) is 81.8 Å². The summed E-state index contributed by atoms with van der Waals surface area (Å²) in [5, 5.41) is 4.90. The molecule has 1 aliphatic carbocycles.